The molecule has 29 heavy (non-hydrogen) atoms. The predicted octanol–water partition coefficient (Wildman–Crippen LogP) is 2.77. The van der Waals surface area contributed by atoms with Crippen LogP contribution in [-0.2, 0) is 14.3 Å². The molecule has 3 aliphatic rings. The third-order valence-corrected chi connectivity index (χ3v) is 7.37. The van der Waals surface area contributed by atoms with E-state index in [4.69, 9.17) is 4.74 Å². The third-order valence-electron chi connectivity index (χ3n) is 7.37. The molecular formula is C23H30N2O4. The van der Waals surface area contributed by atoms with Gasteiger partial charge in [0.05, 0.1) is 13.0 Å². The first-order valence-corrected chi connectivity index (χ1v) is 10.7. The quantitative estimate of drug-likeness (QED) is 0.792. The van der Waals surface area contributed by atoms with Crippen molar-refractivity contribution in [1.82, 2.24) is 10.2 Å². The first kappa shape index (κ1) is 19.9. The molecule has 2 amide bonds. The summed E-state index contributed by atoms with van der Waals surface area (Å²) in [5, 5.41) is 3.03. The Morgan fingerprint density at radius 2 is 1.79 bits per heavy atom. The third kappa shape index (κ3) is 3.22. The number of nitrogens with one attached hydrogen (secondary N) is 1. The van der Waals surface area contributed by atoms with Crippen LogP contribution < -0.4 is 5.32 Å². The average Bonchev–Trinajstić information content (AvgIpc) is 3.48. The van der Waals surface area contributed by atoms with Crippen molar-refractivity contribution in [1.29, 1.82) is 0 Å². The largest absolute Gasteiger partial charge is 0.469 e. The van der Waals surface area contributed by atoms with Gasteiger partial charge < -0.3 is 15.0 Å². The lowest BCUT2D eigenvalue weighted by molar-refractivity contribution is -0.148. The first-order chi connectivity index (χ1) is 13.9. The van der Waals surface area contributed by atoms with E-state index in [-0.39, 0.29) is 47.6 Å². The van der Waals surface area contributed by atoms with E-state index >= 15 is 0 Å². The highest BCUT2D eigenvalue weighted by Gasteiger charge is 2.71. The molecule has 6 nitrogen and oxygen atoms in total. The molecule has 0 aromatic heterocycles. The summed E-state index contributed by atoms with van der Waals surface area (Å²) in [6.45, 7) is 3.79. The number of hydrogen-bond acceptors (Lipinski definition) is 4. The van der Waals surface area contributed by atoms with Gasteiger partial charge in [0.15, 0.2) is 0 Å². The zero-order chi connectivity index (χ0) is 20.8. The van der Waals surface area contributed by atoms with Crippen LogP contribution in [0.3, 0.4) is 0 Å². The van der Waals surface area contributed by atoms with E-state index in [1.54, 1.807) is 12.1 Å². The predicted molar refractivity (Wildman–Crippen MR) is 108 cm³/mol. The Bertz CT molecular complexity index is 804. The highest BCUT2D eigenvalue weighted by molar-refractivity contribution is 6.00. The van der Waals surface area contributed by atoms with E-state index in [0.717, 1.165) is 25.7 Å². The number of ether oxygens (including phenoxy) is 1. The summed E-state index contributed by atoms with van der Waals surface area (Å²) in [6.07, 6.45) is 5.29. The number of carbonyl (C=O) groups is 3. The molecule has 3 fully saturated rings. The van der Waals surface area contributed by atoms with Crippen LogP contribution in [0.2, 0.25) is 0 Å². The van der Waals surface area contributed by atoms with Crippen LogP contribution in [0.25, 0.3) is 0 Å². The molecule has 0 bridgehead atoms. The topological polar surface area (TPSA) is 75.7 Å². The lowest BCUT2D eigenvalue weighted by Crippen LogP contribution is -2.67. The monoisotopic (exact) mass is 398 g/mol. The number of benzene rings is 1. The minimum absolute atomic E-state index is 0.0168. The van der Waals surface area contributed by atoms with Gasteiger partial charge in [-0.3, -0.25) is 14.4 Å². The van der Waals surface area contributed by atoms with Crippen LogP contribution in [0.15, 0.2) is 30.3 Å². The zero-order valence-corrected chi connectivity index (χ0v) is 17.4. The number of nitrogens with zero attached hydrogens (tertiary/aromatic N) is 1. The number of likely N-dealkylation sites (tertiary alicyclic amines) is 1. The standard InChI is InChI=1S/C23H30N2O4/c1-14-17-18(21(27)29-3)19(17)25(16-12-8-5-9-13-16)22(28)23(14,2)24-20(26)15-10-6-4-7-11-15/h4,6-7,10-11,14,16-19H,5,8-9,12-13H2,1-3H3,(H,24,26)/t14-,17-,18-,19-,23+/m0/s1. The van der Waals surface area contributed by atoms with Gasteiger partial charge in [0.25, 0.3) is 5.91 Å². The number of hydrogen-bond donors (Lipinski definition) is 1. The van der Waals surface area contributed by atoms with Crippen LogP contribution in [0, 0.1) is 17.8 Å². The Hall–Kier alpha value is -2.37. The lowest BCUT2D eigenvalue weighted by atomic mass is 9.77. The maximum Gasteiger partial charge on any atom is 0.311 e. The van der Waals surface area contributed by atoms with Crippen LogP contribution in [-0.4, -0.2) is 47.4 Å². The smallest absolute Gasteiger partial charge is 0.311 e. The van der Waals surface area contributed by atoms with Crippen molar-refractivity contribution in [3.05, 3.63) is 35.9 Å². The summed E-state index contributed by atoms with van der Waals surface area (Å²) in [4.78, 5) is 41.1. The zero-order valence-electron chi connectivity index (χ0n) is 17.4. The molecule has 1 aromatic carbocycles. The molecule has 5 atom stereocenters. The number of fused-ring (bicyclic) bond motifs is 1. The summed E-state index contributed by atoms with van der Waals surface area (Å²) in [5.41, 5.74) is -0.519. The fourth-order valence-electron chi connectivity index (χ4n) is 5.53. The molecular weight excluding hydrogens is 368 g/mol. The van der Waals surface area contributed by atoms with E-state index in [1.165, 1.54) is 13.5 Å². The molecule has 6 heteroatoms. The fourth-order valence-corrected chi connectivity index (χ4v) is 5.53. The number of rotatable bonds is 4. The van der Waals surface area contributed by atoms with Crippen LogP contribution in [0.1, 0.15) is 56.3 Å². The van der Waals surface area contributed by atoms with Crippen molar-refractivity contribution in [2.75, 3.05) is 7.11 Å². The normalized spacial score (nSPS) is 34.3. The summed E-state index contributed by atoms with van der Waals surface area (Å²) in [7, 11) is 1.40. The molecule has 156 valence electrons. The number of esters is 1. The number of amides is 2. The van der Waals surface area contributed by atoms with Gasteiger partial charge in [0, 0.05) is 23.6 Å². The number of methoxy groups -OCH3 is 1. The number of carbonyl (C=O) groups excluding carboxylic acids is 3. The molecule has 4 rings (SSSR count). The Morgan fingerprint density at radius 1 is 1.14 bits per heavy atom. The molecule has 0 unspecified atom stereocenters. The van der Waals surface area contributed by atoms with Crippen LogP contribution >= 0.6 is 0 Å². The molecule has 1 heterocycles. The Labute approximate surface area is 172 Å². The summed E-state index contributed by atoms with van der Waals surface area (Å²) in [5.74, 6) is -1.00. The van der Waals surface area contributed by atoms with Crippen molar-refractivity contribution in [2.24, 2.45) is 17.8 Å². The van der Waals surface area contributed by atoms with Gasteiger partial charge in [0.2, 0.25) is 5.91 Å². The van der Waals surface area contributed by atoms with Gasteiger partial charge in [-0.1, -0.05) is 44.4 Å². The van der Waals surface area contributed by atoms with E-state index in [0.29, 0.717) is 5.56 Å². The fraction of sp³-hybridized carbons (Fsp3) is 0.609. The second kappa shape index (κ2) is 7.47. The Balaban J connectivity index is 1.65. The van der Waals surface area contributed by atoms with Gasteiger partial charge >= 0.3 is 5.97 Å². The minimum atomic E-state index is -1.05. The highest BCUT2D eigenvalue weighted by Crippen LogP contribution is 2.57. The maximum atomic E-state index is 13.8. The molecule has 1 aliphatic heterocycles. The van der Waals surface area contributed by atoms with E-state index < -0.39 is 5.54 Å². The summed E-state index contributed by atoms with van der Waals surface area (Å²) >= 11 is 0. The SMILES string of the molecule is COC(=O)[C@H]1[C@H]2[C@@H]1N(C1CCCCC1)C(=O)[C@](C)(NC(=O)c1ccccc1)[C@H]2C. The Morgan fingerprint density at radius 3 is 2.41 bits per heavy atom. The molecule has 2 saturated carbocycles. The average molecular weight is 399 g/mol. The van der Waals surface area contributed by atoms with Gasteiger partial charge in [0.1, 0.15) is 5.54 Å². The molecule has 1 aromatic rings. The molecule has 0 spiro atoms. The summed E-state index contributed by atoms with van der Waals surface area (Å²) < 4.78 is 5.04. The Kier molecular flexibility index (Phi) is 5.13. The molecule has 2 aliphatic carbocycles. The first-order valence-electron chi connectivity index (χ1n) is 10.7. The van der Waals surface area contributed by atoms with Crippen molar-refractivity contribution < 1.29 is 19.1 Å². The molecule has 0 radical (unpaired) electrons. The second-order valence-electron chi connectivity index (χ2n) is 8.93. The lowest BCUT2D eigenvalue weighted by Gasteiger charge is -2.47. The van der Waals surface area contributed by atoms with Crippen molar-refractivity contribution >= 4 is 17.8 Å². The van der Waals surface area contributed by atoms with Crippen LogP contribution in [0.4, 0.5) is 0 Å². The number of piperidine rings is 1. The molecule has 1 saturated heterocycles. The van der Waals surface area contributed by atoms with E-state index in [1.807, 2.05) is 36.9 Å². The highest BCUT2D eigenvalue weighted by atomic mass is 16.5. The van der Waals surface area contributed by atoms with Crippen molar-refractivity contribution in [3.8, 4) is 0 Å². The van der Waals surface area contributed by atoms with Gasteiger partial charge in [-0.05, 0) is 37.8 Å². The minimum Gasteiger partial charge on any atom is -0.469 e. The van der Waals surface area contributed by atoms with E-state index in [9.17, 15) is 14.4 Å². The van der Waals surface area contributed by atoms with E-state index in [2.05, 4.69) is 5.32 Å². The van der Waals surface area contributed by atoms with Gasteiger partial charge in [-0.25, -0.2) is 0 Å². The van der Waals surface area contributed by atoms with Crippen molar-refractivity contribution in [3.63, 3.8) is 0 Å². The van der Waals surface area contributed by atoms with Crippen LogP contribution in [0.5, 0.6) is 0 Å². The van der Waals surface area contributed by atoms with Gasteiger partial charge in [-0.2, -0.15) is 0 Å². The maximum absolute atomic E-state index is 13.8. The van der Waals surface area contributed by atoms with Gasteiger partial charge in [-0.15, -0.1) is 0 Å². The van der Waals surface area contributed by atoms with Crippen molar-refractivity contribution in [2.45, 2.75) is 63.6 Å². The molecule has 1 N–H and O–H groups in total. The summed E-state index contributed by atoms with van der Waals surface area (Å²) in [6, 6.07) is 8.99. The second-order valence-corrected chi connectivity index (χ2v) is 8.93.